The quantitative estimate of drug-likeness (QED) is 0.713. The fourth-order valence-electron chi connectivity index (χ4n) is 2.55. The van der Waals surface area contributed by atoms with Crippen molar-refractivity contribution in [2.75, 3.05) is 31.7 Å². The summed E-state index contributed by atoms with van der Waals surface area (Å²) in [6, 6.07) is 5.85. The molecule has 6 heteroatoms. The number of carbonyl (C=O) groups excluding carboxylic acids is 1. The van der Waals surface area contributed by atoms with Crippen LogP contribution in [0.2, 0.25) is 0 Å². The lowest BCUT2D eigenvalue weighted by molar-refractivity contribution is -0.117. The molecule has 1 atom stereocenters. The predicted octanol–water partition coefficient (Wildman–Crippen LogP) is 2.66. The Labute approximate surface area is 144 Å². The van der Waals surface area contributed by atoms with Gasteiger partial charge in [-0.25, -0.2) is 0 Å². The number of nitrogens with one attached hydrogen (secondary N) is 2. The maximum atomic E-state index is 12.2. The van der Waals surface area contributed by atoms with Gasteiger partial charge in [0.05, 0.1) is 25.9 Å². The first-order valence-corrected chi connectivity index (χ1v) is 8.00. The summed E-state index contributed by atoms with van der Waals surface area (Å²) in [7, 11) is 0. The first-order chi connectivity index (χ1) is 10.7. The summed E-state index contributed by atoms with van der Waals surface area (Å²) in [5.74, 6) is 0.0509. The molecule has 23 heavy (non-hydrogen) atoms. The van der Waals surface area contributed by atoms with Gasteiger partial charge in [-0.05, 0) is 50.4 Å². The van der Waals surface area contributed by atoms with E-state index in [1.807, 2.05) is 32.0 Å². The lowest BCUT2D eigenvalue weighted by atomic mass is 10.1. The lowest BCUT2D eigenvalue weighted by Crippen LogP contribution is -2.35. The molecule has 1 heterocycles. The summed E-state index contributed by atoms with van der Waals surface area (Å²) in [6.45, 7) is 7.33. The van der Waals surface area contributed by atoms with Crippen LogP contribution in [0.5, 0.6) is 0 Å². The smallest absolute Gasteiger partial charge is 0.241 e. The van der Waals surface area contributed by atoms with Gasteiger partial charge in [0.1, 0.15) is 0 Å². The van der Waals surface area contributed by atoms with Crippen LogP contribution in [0.1, 0.15) is 30.9 Å². The number of benzene rings is 1. The van der Waals surface area contributed by atoms with Gasteiger partial charge in [0.25, 0.3) is 0 Å². The second-order valence-corrected chi connectivity index (χ2v) is 5.48. The summed E-state index contributed by atoms with van der Waals surface area (Å²) in [4.78, 5) is 12.2. The Bertz CT molecular complexity index is 491. The number of halogens is 1. The molecule has 130 valence electrons. The molecule has 1 saturated heterocycles. The van der Waals surface area contributed by atoms with Crippen LogP contribution in [0.25, 0.3) is 0 Å². The van der Waals surface area contributed by atoms with Gasteiger partial charge >= 0.3 is 0 Å². The number of anilines is 1. The van der Waals surface area contributed by atoms with Gasteiger partial charge in [0.15, 0.2) is 0 Å². The number of rotatable bonds is 8. The molecule has 5 nitrogen and oxygen atoms in total. The fraction of sp³-hybridized carbons (Fsp3) is 0.588. The normalized spacial score (nSPS) is 16.9. The van der Waals surface area contributed by atoms with Gasteiger partial charge in [-0.1, -0.05) is 12.1 Å². The van der Waals surface area contributed by atoms with Crippen LogP contribution in [-0.2, 0) is 20.9 Å². The van der Waals surface area contributed by atoms with Crippen LogP contribution in [0.4, 0.5) is 5.69 Å². The Balaban J connectivity index is 0.00000264. The van der Waals surface area contributed by atoms with E-state index in [9.17, 15) is 4.79 Å². The summed E-state index contributed by atoms with van der Waals surface area (Å²) in [5, 5.41) is 6.24. The van der Waals surface area contributed by atoms with Crippen LogP contribution >= 0.6 is 12.4 Å². The van der Waals surface area contributed by atoms with Crippen molar-refractivity contribution < 1.29 is 14.3 Å². The van der Waals surface area contributed by atoms with Gasteiger partial charge in [0, 0.05) is 12.3 Å². The van der Waals surface area contributed by atoms with Gasteiger partial charge in [-0.2, -0.15) is 0 Å². The number of carbonyl (C=O) groups is 1. The third-order valence-corrected chi connectivity index (χ3v) is 3.91. The standard InChI is InChI=1S/C17H26N2O3.ClH/c1-3-21-10-11-22-12-14-6-4-7-15(13(14)2)19-17(20)16-8-5-9-18-16;/h4,6-7,16,18H,3,5,8-12H2,1-2H3,(H,19,20);1H. The SMILES string of the molecule is CCOCCOCc1cccc(NC(=O)C2CCCN2)c1C.Cl. The average Bonchev–Trinajstić information content (AvgIpc) is 3.05. The molecule has 1 amide bonds. The van der Waals surface area contributed by atoms with Crippen molar-refractivity contribution in [2.24, 2.45) is 0 Å². The van der Waals surface area contributed by atoms with Crippen molar-refractivity contribution in [1.82, 2.24) is 5.32 Å². The third kappa shape index (κ3) is 6.11. The maximum absolute atomic E-state index is 12.2. The van der Waals surface area contributed by atoms with Crippen molar-refractivity contribution in [1.29, 1.82) is 0 Å². The molecule has 1 aliphatic heterocycles. The Morgan fingerprint density at radius 1 is 1.35 bits per heavy atom. The largest absolute Gasteiger partial charge is 0.379 e. The molecular formula is C17H27ClN2O3. The second-order valence-electron chi connectivity index (χ2n) is 5.48. The van der Waals surface area contributed by atoms with E-state index in [0.717, 1.165) is 36.2 Å². The van der Waals surface area contributed by atoms with Crippen molar-refractivity contribution in [2.45, 2.75) is 39.3 Å². The Morgan fingerprint density at radius 3 is 2.83 bits per heavy atom. The van der Waals surface area contributed by atoms with Crippen LogP contribution < -0.4 is 10.6 Å². The minimum Gasteiger partial charge on any atom is -0.379 e. The molecular weight excluding hydrogens is 316 g/mol. The molecule has 0 spiro atoms. The second kappa shape index (κ2) is 10.6. The molecule has 1 aromatic rings. The Kier molecular flexibility index (Phi) is 9.17. The third-order valence-electron chi connectivity index (χ3n) is 3.91. The van der Waals surface area contributed by atoms with Crippen LogP contribution in [0.3, 0.4) is 0 Å². The number of hydrogen-bond acceptors (Lipinski definition) is 4. The van der Waals surface area contributed by atoms with Gasteiger partial charge in [0.2, 0.25) is 5.91 Å². The molecule has 2 N–H and O–H groups in total. The van der Waals surface area contributed by atoms with Gasteiger partial charge < -0.3 is 20.1 Å². The van der Waals surface area contributed by atoms with E-state index in [4.69, 9.17) is 9.47 Å². The molecule has 0 aliphatic carbocycles. The van der Waals surface area contributed by atoms with Gasteiger partial charge in [-0.3, -0.25) is 4.79 Å². The minimum absolute atomic E-state index is 0. The predicted molar refractivity (Wildman–Crippen MR) is 94.2 cm³/mol. The highest BCUT2D eigenvalue weighted by atomic mass is 35.5. The first-order valence-electron chi connectivity index (χ1n) is 8.00. The van der Waals surface area contributed by atoms with E-state index < -0.39 is 0 Å². The summed E-state index contributed by atoms with van der Waals surface area (Å²) in [5.41, 5.74) is 3.02. The van der Waals surface area contributed by atoms with E-state index in [2.05, 4.69) is 10.6 Å². The average molecular weight is 343 g/mol. The molecule has 2 rings (SSSR count). The van der Waals surface area contributed by atoms with Crippen LogP contribution in [0.15, 0.2) is 18.2 Å². The van der Waals surface area contributed by atoms with Crippen molar-refractivity contribution in [3.8, 4) is 0 Å². The zero-order valence-electron chi connectivity index (χ0n) is 13.9. The first kappa shape index (κ1) is 19.9. The highest BCUT2D eigenvalue weighted by Gasteiger charge is 2.22. The summed E-state index contributed by atoms with van der Waals surface area (Å²) < 4.78 is 10.9. The van der Waals surface area contributed by atoms with Crippen molar-refractivity contribution >= 4 is 24.0 Å². The number of hydrogen-bond donors (Lipinski definition) is 2. The lowest BCUT2D eigenvalue weighted by Gasteiger charge is -2.15. The van der Waals surface area contributed by atoms with Gasteiger partial charge in [-0.15, -0.1) is 12.4 Å². The maximum Gasteiger partial charge on any atom is 0.241 e. The van der Waals surface area contributed by atoms with Crippen molar-refractivity contribution in [3.63, 3.8) is 0 Å². The van der Waals surface area contributed by atoms with E-state index >= 15 is 0 Å². The van der Waals surface area contributed by atoms with E-state index in [1.165, 1.54) is 0 Å². The number of ether oxygens (including phenoxy) is 2. The molecule has 1 unspecified atom stereocenters. The molecule has 1 fully saturated rings. The fourth-order valence-corrected chi connectivity index (χ4v) is 2.55. The van der Waals surface area contributed by atoms with E-state index in [0.29, 0.717) is 26.4 Å². The molecule has 0 bridgehead atoms. The number of amides is 1. The van der Waals surface area contributed by atoms with Crippen LogP contribution in [-0.4, -0.2) is 38.3 Å². The van der Waals surface area contributed by atoms with Crippen LogP contribution in [0, 0.1) is 6.92 Å². The molecule has 0 aromatic heterocycles. The summed E-state index contributed by atoms with van der Waals surface area (Å²) in [6.07, 6.45) is 1.97. The molecule has 1 aliphatic rings. The van der Waals surface area contributed by atoms with Crippen molar-refractivity contribution in [3.05, 3.63) is 29.3 Å². The Hall–Kier alpha value is -1.14. The monoisotopic (exact) mass is 342 g/mol. The molecule has 0 saturated carbocycles. The molecule has 1 aromatic carbocycles. The molecule has 0 radical (unpaired) electrons. The Morgan fingerprint density at radius 2 is 2.13 bits per heavy atom. The summed E-state index contributed by atoms with van der Waals surface area (Å²) >= 11 is 0. The highest BCUT2D eigenvalue weighted by Crippen LogP contribution is 2.20. The highest BCUT2D eigenvalue weighted by molar-refractivity contribution is 5.95. The minimum atomic E-state index is -0.0644. The topological polar surface area (TPSA) is 59.6 Å². The zero-order valence-corrected chi connectivity index (χ0v) is 14.7. The van der Waals surface area contributed by atoms with E-state index in [-0.39, 0.29) is 24.4 Å². The zero-order chi connectivity index (χ0) is 15.8. The van der Waals surface area contributed by atoms with E-state index in [1.54, 1.807) is 0 Å².